The van der Waals surface area contributed by atoms with Gasteiger partial charge in [0.25, 0.3) is 0 Å². The molecule has 0 aromatic heterocycles. The molecule has 0 unspecified atom stereocenters. The van der Waals surface area contributed by atoms with Gasteiger partial charge in [0.2, 0.25) is 0 Å². The lowest BCUT2D eigenvalue weighted by molar-refractivity contribution is 0.0977. The molecule has 1 aliphatic carbocycles. The van der Waals surface area contributed by atoms with Gasteiger partial charge in [-0.2, -0.15) is 0 Å². The van der Waals surface area contributed by atoms with Gasteiger partial charge in [0.15, 0.2) is 11.6 Å². The number of ketones is 2. The van der Waals surface area contributed by atoms with Crippen molar-refractivity contribution in [3.05, 3.63) is 58.7 Å². The Kier molecular flexibility index (Phi) is 3.01. The molecule has 0 saturated heterocycles. The lowest BCUT2D eigenvalue weighted by atomic mass is 9.82. The van der Waals surface area contributed by atoms with Crippen molar-refractivity contribution >= 4 is 17.3 Å². The quantitative estimate of drug-likeness (QED) is 0.724. The maximum atomic E-state index is 12.8. The number of rotatable bonds is 2. The molecule has 3 rings (SSSR count). The predicted molar refractivity (Wildman–Crippen MR) is 80.6 cm³/mol. The Morgan fingerprint density at radius 3 is 1.95 bits per heavy atom. The summed E-state index contributed by atoms with van der Waals surface area (Å²) in [5, 5.41) is 0. The number of anilines is 1. The average molecular weight is 281 g/mol. The average Bonchev–Trinajstić information content (AvgIpc) is 2.51. The first kappa shape index (κ1) is 13.4. The molecule has 2 aromatic rings. The molecule has 0 radical (unpaired) electrons. The number of ether oxygens (including phenoxy) is 1. The highest BCUT2D eigenvalue weighted by atomic mass is 16.5. The number of hydrogen-bond donors (Lipinski definition) is 0. The molecule has 4 nitrogen and oxygen atoms in total. The van der Waals surface area contributed by atoms with E-state index in [-0.39, 0.29) is 11.6 Å². The third-order valence-corrected chi connectivity index (χ3v) is 3.72. The molecule has 0 atom stereocenters. The molecule has 0 bridgehead atoms. The zero-order chi connectivity index (χ0) is 15.1. The van der Waals surface area contributed by atoms with Crippen LogP contribution in [0.5, 0.6) is 5.75 Å². The molecule has 106 valence electrons. The summed E-state index contributed by atoms with van der Waals surface area (Å²) in [6.45, 7) is 0. The fourth-order valence-corrected chi connectivity index (χ4v) is 2.72. The van der Waals surface area contributed by atoms with Crippen LogP contribution in [0.4, 0.5) is 5.69 Å². The van der Waals surface area contributed by atoms with Gasteiger partial charge >= 0.3 is 0 Å². The fraction of sp³-hybridized carbons (Fsp3) is 0.176. The second-order valence-corrected chi connectivity index (χ2v) is 5.14. The van der Waals surface area contributed by atoms with Gasteiger partial charge in [-0.3, -0.25) is 9.59 Å². The summed E-state index contributed by atoms with van der Waals surface area (Å²) in [5.41, 5.74) is 2.38. The summed E-state index contributed by atoms with van der Waals surface area (Å²) in [6, 6.07) is 10.4. The number of methoxy groups -OCH3 is 1. The zero-order valence-corrected chi connectivity index (χ0v) is 12.1. The van der Waals surface area contributed by atoms with E-state index >= 15 is 0 Å². The highest BCUT2D eigenvalue weighted by molar-refractivity contribution is 6.31. The van der Waals surface area contributed by atoms with E-state index in [1.165, 1.54) is 7.11 Å². The molecule has 1 aliphatic rings. The summed E-state index contributed by atoms with van der Waals surface area (Å²) in [7, 11) is 5.20. The van der Waals surface area contributed by atoms with Gasteiger partial charge in [-0.05, 0) is 12.1 Å². The Labute approximate surface area is 123 Å². The second kappa shape index (κ2) is 4.74. The lowest BCUT2D eigenvalue weighted by Crippen LogP contribution is -2.25. The molecule has 0 heterocycles. The van der Waals surface area contributed by atoms with E-state index in [0.29, 0.717) is 28.0 Å². The van der Waals surface area contributed by atoms with Crippen molar-refractivity contribution in [2.75, 3.05) is 26.1 Å². The van der Waals surface area contributed by atoms with Crippen LogP contribution >= 0.6 is 0 Å². The number of hydrogen-bond acceptors (Lipinski definition) is 4. The van der Waals surface area contributed by atoms with Gasteiger partial charge in [-0.15, -0.1) is 0 Å². The molecule has 4 heteroatoms. The molecule has 0 amide bonds. The highest BCUT2D eigenvalue weighted by Gasteiger charge is 2.34. The number of carbonyl (C=O) groups is 2. The van der Waals surface area contributed by atoms with Gasteiger partial charge < -0.3 is 9.64 Å². The first-order valence-electron chi connectivity index (χ1n) is 6.63. The molecule has 2 aromatic carbocycles. The Morgan fingerprint density at radius 2 is 1.43 bits per heavy atom. The number of benzene rings is 2. The van der Waals surface area contributed by atoms with Crippen LogP contribution in [0.25, 0.3) is 0 Å². The van der Waals surface area contributed by atoms with Gasteiger partial charge in [-0.25, -0.2) is 0 Å². The smallest absolute Gasteiger partial charge is 0.198 e. The van der Waals surface area contributed by atoms with Crippen LogP contribution in [-0.4, -0.2) is 32.8 Å². The summed E-state index contributed by atoms with van der Waals surface area (Å²) < 4.78 is 5.29. The Hall–Kier alpha value is -2.62. The number of nitrogens with zero attached hydrogens (tertiary/aromatic N) is 1. The van der Waals surface area contributed by atoms with Crippen LogP contribution < -0.4 is 9.64 Å². The van der Waals surface area contributed by atoms with Crippen molar-refractivity contribution in [3.63, 3.8) is 0 Å². The number of carbonyl (C=O) groups excluding carboxylic acids is 2. The molecular formula is C17H15NO3. The van der Waals surface area contributed by atoms with Gasteiger partial charge in [-0.1, -0.05) is 24.3 Å². The van der Waals surface area contributed by atoms with Gasteiger partial charge in [0.05, 0.1) is 18.2 Å². The third kappa shape index (κ3) is 1.83. The van der Waals surface area contributed by atoms with Crippen LogP contribution in [0.2, 0.25) is 0 Å². The molecule has 0 N–H and O–H groups in total. The van der Waals surface area contributed by atoms with E-state index in [1.807, 2.05) is 19.0 Å². The summed E-state index contributed by atoms with van der Waals surface area (Å²) >= 11 is 0. The Balaban J connectivity index is 2.38. The molecular weight excluding hydrogens is 266 g/mol. The highest BCUT2D eigenvalue weighted by Crippen LogP contribution is 2.38. The van der Waals surface area contributed by atoms with Crippen LogP contribution in [0.15, 0.2) is 36.4 Å². The minimum Gasteiger partial charge on any atom is -0.496 e. The van der Waals surface area contributed by atoms with E-state index in [0.717, 1.165) is 5.69 Å². The number of fused-ring (bicyclic) bond motifs is 2. The minimum absolute atomic E-state index is 0.136. The Bertz CT molecular complexity index is 763. The lowest BCUT2D eigenvalue weighted by Gasteiger charge is -2.25. The first-order valence-corrected chi connectivity index (χ1v) is 6.63. The molecule has 0 fully saturated rings. The van der Waals surface area contributed by atoms with E-state index in [4.69, 9.17) is 4.74 Å². The van der Waals surface area contributed by atoms with Gasteiger partial charge in [0.1, 0.15) is 5.75 Å². The predicted octanol–water partition coefficient (Wildman–Crippen LogP) is 2.54. The van der Waals surface area contributed by atoms with Gasteiger partial charge in [0, 0.05) is 30.9 Å². The van der Waals surface area contributed by atoms with Crippen molar-refractivity contribution in [1.82, 2.24) is 0 Å². The van der Waals surface area contributed by atoms with E-state index in [9.17, 15) is 9.59 Å². The van der Waals surface area contributed by atoms with Crippen molar-refractivity contribution in [2.24, 2.45) is 0 Å². The van der Waals surface area contributed by atoms with Crippen LogP contribution in [0, 0.1) is 0 Å². The van der Waals surface area contributed by atoms with Crippen LogP contribution in [0.3, 0.4) is 0 Å². The van der Waals surface area contributed by atoms with E-state index in [2.05, 4.69) is 0 Å². The van der Waals surface area contributed by atoms with E-state index < -0.39 is 0 Å². The first-order chi connectivity index (χ1) is 10.1. The third-order valence-electron chi connectivity index (χ3n) is 3.72. The maximum absolute atomic E-state index is 12.8. The van der Waals surface area contributed by atoms with E-state index in [1.54, 1.807) is 36.4 Å². The van der Waals surface area contributed by atoms with Crippen molar-refractivity contribution in [3.8, 4) is 5.75 Å². The standard InChI is InChI=1S/C17H15NO3/c1-18(2)12-8-9-13(21-3)15-14(12)16(19)10-6-4-5-7-11(10)17(15)20/h4-9H,1-3H3. The summed E-state index contributed by atoms with van der Waals surface area (Å²) in [4.78, 5) is 27.4. The summed E-state index contributed by atoms with van der Waals surface area (Å²) in [5.74, 6) is 0.131. The van der Waals surface area contributed by atoms with Crippen molar-refractivity contribution in [1.29, 1.82) is 0 Å². The monoisotopic (exact) mass is 281 g/mol. The zero-order valence-electron chi connectivity index (χ0n) is 12.1. The minimum atomic E-state index is -0.166. The Morgan fingerprint density at radius 1 is 0.857 bits per heavy atom. The molecule has 21 heavy (non-hydrogen) atoms. The van der Waals surface area contributed by atoms with Crippen LogP contribution in [-0.2, 0) is 0 Å². The van der Waals surface area contributed by atoms with Crippen molar-refractivity contribution < 1.29 is 14.3 Å². The largest absolute Gasteiger partial charge is 0.496 e. The SMILES string of the molecule is COc1ccc(N(C)C)c2c1C(=O)c1ccccc1C2=O. The fourth-order valence-electron chi connectivity index (χ4n) is 2.72. The van der Waals surface area contributed by atoms with Crippen molar-refractivity contribution in [2.45, 2.75) is 0 Å². The molecule has 0 spiro atoms. The van der Waals surface area contributed by atoms with Crippen LogP contribution in [0.1, 0.15) is 31.8 Å². The second-order valence-electron chi connectivity index (χ2n) is 5.14. The normalized spacial score (nSPS) is 12.7. The maximum Gasteiger partial charge on any atom is 0.198 e. The summed E-state index contributed by atoms with van der Waals surface area (Å²) in [6.07, 6.45) is 0. The molecule has 0 saturated carbocycles. The molecule has 0 aliphatic heterocycles. The topological polar surface area (TPSA) is 46.6 Å².